The van der Waals surface area contributed by atoms with Gasteiger partial charge < -0.3 is 14.6 Å². The number of amides is 1. The van der Waals surface area contributed by atoms with Crippen molar-refractivity contribution in [2.45, 2.75) is 6.92 Å². The van der Waals surface area contributed by atoms with E-state index in [1.54, 1.807) is 43.5 Å². The maximum absolute atomic E-state index is 12.9. The molecule has 0 radical (unpaired) electrons. The first kappa shape index (κ1) is 19.9. The highest BCUT2D eigenvalue weighted by Crippen LogP contribution is 2.38. The highest BCUT2D eigenvalue weighted by Gasteiger charge is 2.33. The Balaban J connectivity index is 1.93. The van der Waals surface area contributed by atoms with Crippen LogP contribution in [0.25, 0.3) is 6.08 Å². The molecule has 28 heavy (non-hydrogen) atoms. The third-order valence-corrected chi connectivity index (χ3v) is 5.25. The number of benzene rings is 2. The molecule has 1 aliphatic heterocycles. The lowest BCUT2D eigenvalue weighted by Gasteiger charge is -2.15. The number of rotatable bonds is 6. The Morgan fingerprint density at radius 1 is 1.29 bits per heavy atom. The number of nitrogens with zero attached hydrogens (tertiary/aromatic N) is 1. The molecule has 3 rings (SSSR count). The van der Waals surface area contributed by atoms with E-state index in [9.17, 15) is 14.7 Å². The number of carbonyl (C=O) groups excluding carboxylic acids is 1. The predicted octanol–water partition coefficient (Wildman–Crippen LogP) is 4.20. The van der Waals surface area contributed by atoms with Gasteiger partial charge in [0.15, 0.2) is 4.32 Å². The van der Waals surface area contributed by atoms with E-state index >= 15 is 0 Å². The van der Waals surface area contributed by atoms with Gasteiger partial charge in [-0.05, 0) is 43.3 Å². The molecule has 1 saturated heterocycles. The van der Waals surface area contributed by atoms with Gasteiger partial charge in [-0.25, -0.2) is 4.79 Å². The second-order valence-corrected chi connectivity index (χ2v) is 7.39. The predicted molar refractivity (Wildman–Crippen MR) is 113 cm³/mol. The molecular weight excluding hydrogens is 398 g/mol. The fourth-order valence-corrected chi connectivity index (χ4v) is 3.97. The van der Waals surface area contributed by atoms with E-state index in [4.69, 9.17) is 21.7 Å². The van der Waals surface area contributed by atoms with Crippen molar-refractivity contribution in [1.82, 2.24) is 0 Å². The van der Waals surface area contributed by atoms with Gasteiger partial charge >= 0.3 is 5.97 Å². The molecular formula is C20H17NO5S2. The Labute approximate surface area is 171 Å². The number of carboxylic acids is 1. The monoisotopic (exact) mass is 415 g/mol. The molecule has 1 aliphatic rings. The summed E-state index contributed by atoms with van der Waals surface area (Å²) >= 11 is 6.50. The second-order valence-electron chi connectivity index (χ2n) is 5.71. The lowest BCUT2D eigenvalue weighted by molar-refractivity contribution is -0.113. The lowest BCUT2D eigenvalue weighted by Crippen LogP contribution is -2.27. The summed E-state index contributed by atoms with van der Waals surface area (Å²) in [6.07, 6.45) is 1.70. The molecule has 0 aromatic heterocycles. The molecule has 2 aromatic rings. The summed E-state index contributed by atoms with van der Waals surface area (Å²) in [5, 5.41) is 9.17. The van der Waals surface area contributed by atoms with Crippen molar-refractivity contribution in [2.24, 2.45) is 0 Å². The van der Waals surface area contributed by atoms with Crippen LogP contribution in [0.3, 0.4) is 0 Å². The van der Waals surface area contributed by atoms with Crippen LogP contribution in [-0.2, 0) is 4.79 Å². The van der Waals surface area contributed by atoms with E-state index in [1.165, 1.54) is 17.0 Å². The molecule has 0 spiro atoms. The van der Waals surface area contributed by atoms with Crippen LogP contribution in [0.2, 0.25) is 0 Å². The van der Waals surface area contributed by atoms with Gasteiger partial charge in [0.05, 0.1) is 29.9 Å². The molecule has 0 bridgehead atoms. The summed E-state index contributed by atoms with van der Waals surface area (Å²) in [5.41, 5.74) is 1.22. The summed E-state index contributed by atoms with van der Waals surface area (Å²) in [7, 11) is 1.55. The molecule has 0 aliphatic carbocycles. The van der Waals surface area contributed by atoms with E-state index in [-0.39, 0.29) is 11.5 Å². The molecule has 1 heterocycles. The number of hydrogen-bond acceptors (Lipinski definition) is 6. The van der Waals surface area contributed by atoms with Gasteiger partial charge in [0.2, 0.25) is 0 Å². The summed E-state index contributed by atoms with van der Waals surface area (Å²) in [6, 6.07) is 11.5. The van der Waals surface area contributed by atoms with Gasteiger partial charge in [-0.2, -0.15) is 0 Å². The molecule has 0 unspecified atom stereocenters. The van der Waals surface area contributed by atoms with Gasteiger partial charge in [0, 0.05) is 11.6 Å². The van der Waals surface area contributed by atoms with Crippen LogP contribution in [0.5, 0.6) is 11.5 Å². The van der Waals surface area contributed by atoms with Crippen LogP contribution in [0.15, 0.2) is 47.4 Å². The van der Waals surface area contributed by atoms with Crippen molar-refractivity contribution < 1.29 is 24.2 Å². The minimum absolute atomic E-state index is 0.0868. The Morgan fingerprint density at radius 3 is 2.75 bits per heavy atom. The molecule has 1 amide bonds. The normalized spacial score (nSPS) is 15.2. The zero-order valence-corrected chi connectivity index (χ0v) is 16.8. The number of ether oxygens (including phenoxy) is 2. The number of carbonyl (C=O) groups is 2. The molecule has 144 valence electrons. The van der Waals surface area contributed by atoms with Gasteiger partial charge in [-0.15, -0.1) is 0 Å². The minimum atomic E-state index is -1.07. The SMILES string of the molecule is CCOc1ccc(/C=C2\SC(=S)N(c3cccc(C(=O)O)c3)C2=O)c(OC)c1. The third-order valence-electron chi connectivity index (χ3n) is 3.95. The van der Waals surface area contributed by atoms with Crippen LogP contribution in [0.4, 0.5) is 5.69 Å². The highest BCUT2D eigenvalue weighted by molar-refractivity contribution is 8.27. The Hall–Kier alpha value is -2.84. The number of methoxy groups -OCH3 is 1. The van der Waals surface area contributed by atoms with Crippen molar-refractivity contribution in [3.63, 3.8) is 0 Å². The van der Waals surface area contributed by atoms with Crippen LogP contribution in [0, 0.1) is 0 Å². The fraction of sp³-hybridized carbons (Fsp3) is 0.150. The first-order valence-electron chi connectivity index (χ1n) is 8.36. The van der Waals surface area contributed by atoms with Crippen LogP contribution in [-0.4, -0.2) is 35.0 Å². The van der Waals surface area contributed by atoms with E-state index in [2.05, 4.69) is 0 Å². The maximum Gasteiger partial charge on any atom is 0.335 e. The molecule has 1 N–H and O–H groups in total. The number of anilines is 1. The van der Waals surface area contributed by atoms with Crippen LogP contribution >= 0.6 is 24.0 Å². The van der Waals surface area contributed by atoms with Crippen molar-refractivity contribution >= 4 is 51.9 Å². The van der Waals surface area contributed by atoms with E-state index in [0.29, 0.717) is 38.6 Å². The molecule has 1 fully saturated rings. The average molecular weight is 415 g/mol. The van der Waals surface area contributed by atoms with E-state index in [1.807, 2.05) is 6.92 Å². The zero-order valence-electron chi connectivity index (χ0n) is 15.2. The standard InChI is InChI=1S/C20H17NO5S2/c1-3-26-15-8-7-12(16(11-15)25-2)10-17-18(22)21(20(27)28-17)14-6-4-5-13(9-14)19(23)24/h4-11H,3H2,1-2H3,(H,23,24)/b17-10-. The van der Waals surface area contributed by atoms with Crippen LogP contribution < -0.4 is 14.4 Å². The fourth-order valence-electron chi connectivity index (χ4n) is 2.68. The van der Waals surface area contributed by atoms with Gasteiger partial charge in [0.1, 0.15) is 11.5 Å². The molecule has 8 heteroatoms. The lowest BCUT2D eigenvalue weighted by atomic mass is 10.1. The minimum Gasteiger partial charge on any atom is -0.496 e. The molecule has 2 aromatic carbocycles. The number of carboxylic acid groups (broad SMARTS) is 1. The Morgan fingerprint density at radius 2 is 2.07 bits per heavy atom. The number of thiocarbonyl (C=S) groups is 1. The number of hydrogen-bond donors (Lipinski definition) is 1. The van der Waals surface area contributed by atoms with E-state index < -0.39 is 5.97 Å². The quantitative estimate of drug-likeness (QED) is 0.560. The topological polar surface area (TPSA) is 76.1 Å². The van der Waals surface area contributed by atoms with Crippen molar-refractivity contribution in [3.05, 3.63) is 58.5 Å². The van der Waals surface area contributed by atoms with E-state index in [0.717, 1.165) is 11.8 Å². The Kier molecular flexibility index (Phi) is 6.01. The number of thioether (sulfide) groups is 1. The highest BCUT2D eigenvalue weighted by atomic mass is 32.2. The first-order chi connectivity index (χ1) is 13.4. The van der Waals surface area contributed by atoms with Crippen molar-refractivity contribution in [1.29, 1.82) is 0 Å². The van der Waals surface area contributed by atoms with Crippen molar-refractivity contribution in [2.75, 3.05) is 18.6 Å². The molecule has 6 nitrogen and oxygen atoms in total. The zero-order chi connectivity index (χ0) is 20.3. The van der Waals surface area contributed by atoms with Gasteiger partial charge in [0.25, 0.3) is 5.91 Å². The van der Waals surface area contributed by atoms with Gasteiger partial charge in [-0.1, -0.05) is 30.0 Å². The summed E-state index contributed by atoms with van der Waals surface area (Å²) in [6.45, 7) is 2.43. The van der Waals surface area contributed by atoms with Crippen molar-refractivity contribution in [3.8, 4) is 11.5 Å². The third kappa shape index (κ3) is 4.02. The van der Waals surface area contributed by atoms with Gasteiger partial charge in [-0.3, -0.25) is 9.69 Å². The maximum atomic E-state index is 12.9. The summed E-state index contributed by atoms with van der Waals surface area (Å²) in [4.78, 5) is 25.9. The largest absolute Gasteiger partial charge is 0.496 e. The molecule has 0 saturated carbocycles. The first-order valence-corrected chi connectivity index (χ1v) is 9.59. The number of aromatic carboxylic acids is 1. The average Bonchev–Trinajstić information content (AvgIpc) is 2.96. The Bertz CT molecular complexity index is 986. The molecule has 0 atom stereocenters. The summed E-state index contributed by atoms with van der Waals surface area (Å²) < 4.78 is 11.2. The summed E-state index contributed by atoms with van der Waals surface area (Å²) in [5.74, 6) is -0.130. The smallest absolute Gasteiger partial charge is 0.335 e. The van der Waals surface area contributed by atoms with Crippen LogP contribution in [0.1, 0.15) is 22.8 Å². The second kappa shape index (κ2) is 8.45.